The van der Waals surface area contributed by atoms with Crippen molar-refractivity contribution in [3.8, 4) is 0 Å². The minimum atomic E-state index is -1.14. The molecule has 4 aliphatic carbocycles. The Morgan fingerprint density at radius 3 is 2.62 bits per heavy atom. The monoisotopic (exact) mass is 360 g/mol. The van der Waals surface area contributed by atoms with Gasteiger partial charge < -0.3 is 9.84 Å². The smallest absolute Gasteiger partial charge is 0.293 e. The molecular formula is C22H32O4. The van der Waals surface area contributed by atoms with Gasteiger partial charge in [-0.3, -0.25) is 9.59 Å². The Morgan fingerprint density at radius 2 is 1.92 bits per heavy atom. The summed E-state index contributed by atoms with van der Waals surface area (Å²) >= 11 is 0. The highest BCUT2D eigenvalue weighted by Crippen LogP contribution is 2.67. The minimum Gasteiger partial charge on any atom is -0.464 e. The maximum Gasteiger partial charge on any atom is 0.293 e. The van der Waals surface area contributed by atoms with Gasteiger partial charge in [-0.1, -0.05) is 25.5 Å². The fourth-order valence-electron chi connectivity index (χ4n) is 7.42. The van der Waals surface area contributed by atoms with E-state index in [4.69, 9.17) is 4.74 Å². The van der Waals surface area contributed by atoms with Gasteiger partial charge in [0.25, 0.3) is 6.47 Å². The number of ketones is 1. The number of allylic oxidation sites excluding steroid dienone is 1. The standard InChI is InChI=1S/C22H32O4/c1-14(24)22(25)11-8-19-17-5-4-15-12-16(26-13-23)6-9-20(15,2)18(17)7-10-21(19,22)3/h4,13,16-19,25H,5-12H2,1-3H3. The molecule has 3 fully saturated rings. The molecule has 0 bridgehead atoms. The zero-order valence-electron chi connectivity index (χ0n) is 16.3. The highest BCUT2D eigenvalue weighted by Gasteiger charge is 2.65. The number of Topliss-reactive ketones (excluding diaryl/α,β-unsaturated/α-hetero) is 1. The Bertz CT molecular complexity index is 655. The fraction of sp³-hybridized carbons (Fsp3) is 0.818. The van der Waals surface area contributed by atoms with Crippen LogP contribution >= 0.6 is 0 Å². The van der Waals surface area contributed by atoms with E-state index in [1.165, 1.54) is 5.57 Å². The van der Waals surface area contributed by atoms with Crippen LogP contribution in [0.5, 0.6) is 0 Å². The van der Waals surface area contributed by atoms with Crippen LogP contribution in [0.4, 0.5) is 0 Å². The number of carbonyl (C=O) groups is 2. The average molecular weight is 360 g/mol. The largest absolute Gasteiger partial charge is 0.464 e. The van der Waals surface area contributed by atoms with Gasteiger partial charge >= 0.3 is 0 Å². The lowest BCUT2D eigenvalue weighted by atomic mass is 9.47. The van der Waals surface area contributed by atoms with Gasteiger partial charge in [0.05, 0.1) is 0 Å². The van der Waals surface area contributed by atoms with Crippen LogP contribution in [0.3, 0.4) is 0 Å². The third-order valence-corrected chi connectivity index (χ3v) is 9.04. The Kier molecular flexibility index (Phi) is 4.15. The summed E-state index contributed by atoms with van der Waals surface area (Å²) in [5, 5.41) is 11.2. The van der Waals surface area contributed by atoms with Gasteiger partial charge in [-0.25, -0.2) is 0 Å². The molecule has 1 N–H and O–H groups in total. The third kappa shape index (κ3) is 2.23. The van der Waals surface area contributed by atoms with E-state index in [9.17, 15) is 14.7 Å². The number of rotatable bonds is 3. The van der Waals surface area contributed by atoms with Crippen LogP contribution in [0.2, 0.25) is 0 Å². The Morgan fingerprint density at radius 1 is 1.19 bits per heavy atom. The van der Waals surface area contributed by atoms with Gasteiger partial charge in [0, 0.05) is 11.8 Å². The molecular weight excluding hydrogens is 328 g/mol. The van der Waals surface area contributed by atoms with Gasteiger partial charge in [-0.2, -0.15) is 0 Å². The van der Waals surface area contributed by atoms with E-state index in [0.717, 1.165) is 44.9 Å². The van der Waals surface area contributed by atoms with Gasteiger partial charge in [0.2, 0.25) is 0 Å². The Hall–Kier alpha value is -1.16. The summed E-state index contributed by atoms with van der Waals surface area (Å²) < 4.78 is 5.26. The molecule has 0 aliphatic heterocycles. The van der Waals surface area contributed by atoms with Gasteiger partial charge in [0.15, 0.2) is 5.78 Å². The van der Waals surface area contributed by atoms with Gasteiger partial charge in [0.1, 0.15) is 11.7 Å². The summed E-state index contributed by atoms with van der Waals surface area (Å²) in [5.74, 6) is 1.55. The zero-order valence-corrected chi connectivity index (χ0v) is 16.3. The van der Waals surface area contributed by atoms with E-state index >= 15 is 0 Å². The maximum absolute atomic E-state index is 12.3. The van der Waals surface area contributed by atoms with Crippen LogP contribution in [0.1, 0.15) is 72.1 Å². The number of aliphatic hydroxyl groups is 1. The lowest BCUT2D eigenvalue weighted by molar-refractivity contribution is -0.159. The van der Waals surface area contributed by atoms with Crippen molar-refractivity contribution in [3.05, 3.63) is 11.6 Å². The van der Waals surface area contributed by atoms with Crippen molar-refractivity contribution in [2.45, 2.75) is 83.8 Å². The minimum absolute atomic E-state index is 0.0338. The van der Waals surface area contributed by atoms with Crippen LogP contribution < -0.4 is 0 Å². The fourth-order valence-corrected chi connectivity index (χ4v) is 7.42. The normalized spacial score (nSPS) is 50.1. The van der Waals surface area contributed by atoms with Gasteiger partial charge in [-0.15, -0.1) is 0 Å². The molecule has 4 nitrogen and oxygen atoms in total. The average Bonchev–Trinajstić information content (AvgIpc) is 2.88. The van der Waals surface area contributed by atoms with Crippen molar-refractivity contribution in [3.63, 3.8) is 0 Å². The van der Waals surface area contributed by atoms with E-state index in [-0.39, 0.29) is 22.7 Å². The second kappa shape index (κ2) is 5.92. The van der Waals surface area contributed by atoms with Crippen LogP contribution in [0, 0.1) is 28.6 Å². The van der Waals surface area contributed by atoms with Crippen molar-refractivity contribution in [1.82, 2.24) is 0 Å². The predicted molar refractivity (Wildman–Crippen MR) is 98.3 cm³/mol. The van der Waals surface area contributed by atoms with Crippen LogP contribution in [0.25, 0.3) is 0 Å². The SMILES string of the molecule is CC(=O)C1(O)CCC2C3CC=C4CC(OC=O)CCC4(C)C3CCC21C. The zero-order chi connectivity index (χ0) is 18.7. The highest BCUT2D eigenvalue weighted by atomic mass is 16.5. The molecule has 0 heterocycles. The number of fused-ring (bicyclic) bond motifs is 5. The lowest BCUT2D eigenvalue weighted by Crippen LogP contribution is -2.57. The van der Waals surface area contributed by atoms with Crippen LogP contribution in [0.15, 0.2) is 11.6 Å². The van der Waals surface area contributed by atoms with Crippen LogP contribution in [-0.4, -0.2) is 29.1 Å². The summed E-state index contributed by atoms with van der Waals surface area (Å²) in [4.78, 5) is 23.0. The number of hydrogen-bond donors (Lipinski definition) is 1. The van der Waals surface area contributed by atoms with Crippen LogP contribution in [-0.2, 0) is 14.3 Å². The predicted octanol–water partition coefficient (Wildman–Crippen LogP) is 3.81. The number of ether oxygens (including phenoxy) is 1. The molecule has 0 radical (unpaired) electrons. The second-order valence-corrected chi connectivity index (χ2v) is 9.77. The number of carbonyl (C=O) groups excluding carboxylic acids is 2. The Balaban J connectivity index is 1.64. The second-order valence-electron chi connectivity index (χ2n) is 9.77. The topological polar surface area (TPSA) is 63.6 Å². The molecule has 0 spiro atoms. The van der Waals surface area contributed by atoms with Gasteiger partial charge in [-0.05, 0) is 75.0 Å². The molecule has 0 amide bonds. The van der Waals surface area contributed by atoms with Crippen molar-refractivity contribution in [2.24, 2.45) is 28.6 Å². The molecule has 4 rings (SSSR count). The van der Waals surface area contributed by atoms with E-state index < -0.39 is 5.60 Å². The first-order valence-corrected chi connectivity index (χ1v) is 10.3. The summed E-state index contributed by atoms with van der Waals surface area (Å²) in [6.45, 7) is 6.72. The molecule has 7 atom stereocenters. The Labute approximate surface area is 156 Å². The van der Waals surface area contributed by atoms with E-state index in [1.54, 1.807) is 6.92 Å². The summed E-state index contributed by atoms with van der Waals surface area (Å²) in [5.41, 5.74) is 0.243. The molecule has 4 heteroatoms. The molecule has 0 aromatic carbocycles. The first-order valence-electron chi connectivity index (χ1n) is 10.3. The summed E-state index contributed by atoms with van der Waals surface area (Å²) in [7, 11) is 0. The van der Waals surface area contributed by atoms with Crippen molar-refractivity contribution >= 4 is 12.3 Å². The molecule has 0 aromatic heterocycles. The summed E-state index contributed by atoms with van der Waals surface area (Å²) in [6, 6.07) is 0. The van der Waals surface area contributed by atoms with Crippen molar-refractivity contribution in [2.75, 3.05) is 0 Å². The quantitative estimate of drug-likeness (QED) is 0.614. The summed E-state index contributed by atoms with van der Waals surface area (Å²) in [6.07, 6.45) is 9.96. The van der Waals surface area contributed by atoms with E-state index in [2.05, 4.69) is 19.9 Å². The molecule has 0 saturated heterocycles. The molecule has 7 unspecified atom stereocenters. The number of hydrogen-bond acceptors (Lipinski definition) is 4. The third-order valence-electron chi connectivity index (χ3n) is 9.04. The van der Waals surface area contributed by atoms with Crippen molar-refractivity contribution < 1.29 is 19.4 Å². The first-order chi connectivity index (χ1) is 12.3. The van der Waals surface area contributed by atoms with E-state index in [1.807, 2.05) is 0 Å². The molecule has 0 aromatic rings. The molecule has 4 aliphatic rings. The highest BCUT2D eigenvalue weighted by molar-refractivity contribution is 5.86. The first kappa shape index (κ1) is 18.2. The molecule has 3 saturated carbocycles. The molecule has 144 valence electrons. The van der Waals surface area contributed by atoms with E-state index in [0.29, 0.717) is 30.6 Å². The maximum atomic E-state index is 12.3. The molecule has 26 heavy (non-hydrogen) atoms. The van der Waals surface area contributed by atoms with Crippen molar-refractivity contribution in [1.29, 1.82) is 0 Å². The lowest BCUT2D eigenvalue weighted by Gasteiger charge is -2.58.